The molecule has 0 fully saturated rings. The summed E-state index contributed by atoms with van der Waals surface area (Å²) in [7, 11) is 4.18. The third-order valence-corrected chi connectivity index (χ3v) is 2.19. The molecule has 3 N–H and O–H groups in total. The predicted octanol–water partition coefficient (Wildman–Crippen LogP) is 1.42. The number of rotatable bonds is 6. The highest BCUT2D eigenvalue weighted by molar-refractivity contribution is 5.60. The minimum absolute atomic E-state index is 0.574. The molecular weight excluding hydrogens is 188 g/mol. The lowest BCUT2D eigenvalue weighted by Crippen LogP contribution is -2.14. The lowest BCUT2D eigenvalue weighted by atomic mass is 10.3. The first-order valence-corrected chi connectivity index (χ1v) is 5.29. The second kappa shape index (κ2) is 6.24. The number of nitrogens with zero attached hydrogens (tertiary/aromatic N) is 2. The molecule has 0 saturated heterocycles. The van der Waals surface area contributed by atoms with Crippen LogP contribution in [0.2, 0.25) is 0 Å². The molecular formula is C11H20N4. The molecule has 1 rings (SSSR count). The topological polar surface area (TPSA) is 54.2 Å². The van der Waals surface area contributed by atoms with Crippen LogP contribution in [0.5, 0.6) is 0 Å². The summed E-state index contributed by atoms with van der Waals surface area (Å²) in [6.45, 7) is 2.08. The first-order valence-electron chi connectivity index (χ1n) is 5.29. The summed E-state index contributed by atoms with van der Waals surface area (Å²) in [5, 5.41) is 3.28. The van der Waals surface area contributed by atoms with Crippen molar-refractivity contribution in [2.75, 3.05) is 38.2 Å². The van der Waals surface area contributed by atoms with Gasteiger partial charge in [0.1, 0.15) is 5.82 Å². The minimum Gasteiger partial charge on any atom is -0.382 e. The molecule has 0 amide bonds. The molecule has 0 saturated carbocycles. The summed E-state index contributed by atoms with van der Waals surface area (Å²) in [5.74, 6) is 0.574. The average Bonchev–Trinajstić information content (AvgIpc) is 2.20. The van der Waals surface area contributed by atoms with Crippen molar-refractivity contribution >= 4 is 11.5 Å². The van der Waals surface area contributed by atoms with Gasteiger partial charge in [0.15, 0.2) is 0 Å². The molecule has 0 radical (unpaired) electrons. The quantitative estimate of drug-likeness (QED) is 0.694. The fourth-order valence-electron chi connectivity index (χ4n) is 1.34. The maximum absolute atomic E-state index is 5.70. The van der Waals surface area contributed by atoms with Gasteiger partial charge >= 0.3 is 0 Å². The van der Waals surface area contributed by atoms with Crippen molar-refractivity contribution in [2.24, 2.45) is 0 Å². The summed E-state index contributed by atoms with van der Waals surface area (Å²) in [5.41, 5.74) is 6.63. The second-order valence-electron chi connectivity index (χ2n) is 3.87. The Hall–Kier alpha value is -1.29. The molecule has 0 spiro atoms. The molecule has 0 unspecified atom stereocenters. The molecule has 4 heteroatoms. The first kappa shape index (κ1) is 11.8. The Morgan fingerprint density at radius 3 is 2.87 bits per heavy atom. The molecule has 1 aromatic rings. The van der Waals surface area contributed by atoms with Crippen molar-refractivity contribution in [3.63, 3.8) is 0 Å². The van der Waals surface area contributed by atoms with Crippen LogP contribution in [0.4, 0.5) is 11.5 Å². The monoisotopic (exact) mass is 208 g/mol. The Bertz CT molecular complexity index is 286. The van der Waals surface area contributed by atoms with Gasteiger partial charge in [-0.05, 0) is 45.6 Å². The Morgan fingerprint density at radius 2 is 2.20 bits per heavy atom. The molecule has 0 aliphatic heterocycles. The van der Waals surface area contributed by atoms with Crippen LogP contribution in [-0.2, 0) is 0 Å². The third-order valence-electron chi connectivity index (χ3n) is 2.19. The molecule has 4 nitrogen and oxygen atoms in total. The first-order chi connectivity index (χ1) is 7.20. The van der Waals surface area contributed by atoms with E-state index >= 15 is 0 Å². The molecule has 0 aliphatic rings. The number of aromatic nitrogens is 1. The van der Waals surface area contributed by atoms with Crippen LogP contribution >= 0.6 is 0 Å². The van der Waals surface area contributed by atoms with E-state index in [1.165, 1.54) is 6.42 Å². The Balaban J connectivity index is 2.18. The number of nitrogens with two attached hydrogens (primary N) is 1. The molecule has 15 heavy (non-hydrogen) atoms. The van der Waals surface area contributed by atoms with Crippen molar-refractivity contribution in [1.82, 2.24) is 9.88 Å². The van der Waals surface area contributed by atoms with Gasteiger partial charge in [0.05, 0.1) is 5.69 Å². The zero-order valence-corrected chi connectivity index (χ0v) is 9.53. The van der Waals surface area contributed by atoms with E-state index in [1.54, 1.807) is 6.20 Å². The summed E-state index contributed by atoms with van der Waals surface area (Å²) in [4.78, 5) is 6.21. The van der Waals surface area contributed by atoms with Crippen LogP contribution in [0.15, 0.2) is 18.3 Å². The highest BCUT2D eigenvalue weighted by Gasteiger charge is 1.97. The summed E-state index contributed by atoms with van der Waals surface area (Å²) >= 11 is 0. The van der Waals surface area contributed by atoms with Crippen LogP contribution in [0.1, 0.15) is 12.8 Å². The van der Waals surface area contributed by atoms with Gasteiger partial charge in [0.2, 0.25) is 0 Å². The van der Waals surface area contributed by atoms with Crippen LogP contribution in [0.3, 0.4) is 0 Å². The highest BCUT2D eigenvalue weighted by Crippen LogP contribution is 2.13. The zero-order chi connectivity index (χ0) is 11.1. The van der Waals surface area contributed by atoms with Crippen molar-refractivity contribution in [2.45, 2.75) is 12.8 Å². The van der Waals surface area contributed by atoms with Gasteiger partial charge in [-0.1, -0.05) is 0 Å². The zero-order valence-electron chi connectivity index (χ0n) is 9.53. The summed E-state index contributed by atoms with van der Waals surface area (Å²) in [6, 6.07) is 3.84. The van der Waals surface area contributed by atoms with Crippen molar-refractivity contribution in [3.8, 4) is 0 Å². The lowest BCUT2D eigenvalue weighted by Gasteiger charge is -2.10. The number of anilines is 2. The smallest absolute Gasteiger partial charge is 0.146 e. The number of hydrogen-bond acceptors (Lipinski definition) is 4. The van der Waals surface area contributed by atoms with E-state index in [4.69, 9.17) is 5.73 Å². The van der Waals surface area contributed by atoms with Crippen LogP contribution in [-0.4, -0.2) is 37.1 Å². The van der Waals surface area contributed by atoms with Crippen molar-refractivity contribution in [3.05, 3.63) is 18.3 Å². The SMILES string of the molecule is CN(C)CCCCNc1cccnc1N. The predicted molar refractivity (Wildman–Crippen MR) is 64.9 cm³/mol. The van der Waals surface area contributed by atoms with E-state index in [-0.39, 0.29) is 0 Å². The lowest BCUT2D eigenvalue weighted by molar-refractivity contribution is 0.396. The summed E-state index contributed by atoms with van der Waals surface area (Å²) < 4.78 is 0. The van der Waals surface area contributed by atoms with Gasteiger partial charge in [0.25, 0.3) is 0 Å². The average molecular weight is 208 g/mol. The number of unbranched alkanes of at least 4 members (excludes halogenated alkanes) is 1. The van der Waals surface area contributed by atoms with Gasteiger partial charge < -0.3 is 16.0 Å². The Kier molecular flexibility index (Phi) is 4.90. The van der Waals surface area contributed by atoms with Crippen molar-refractivity contribution < 1.29 is 0 Å². The highest BCUT2D eigenvalue weighted by atomic mass is 15.0. The maximum Gasteiger partial charge on any atom is 0.146 e. The normalized spacial score (nSPS) is 10.6. The molecule has 0 aromatic carbocycles. The van der Waals surface area contributed by atoms with E-state index in [9.17, 15) is 0 Å². The van der Waals surface area contributed by atoms with E-state index in [2.05, 4.69) is 29.3 Å². The van der Waals surface area contributed by atoms with Crippen LogP contribution in [0, 0.1) is 0 Å². The second-order valence-corrected chi connectivity index (χ2v) is 3.87. The van der Waals surface area contributed by atoms with Gasteiger partial charge in [-0.15, -0.1) is 0 Å². The van der Waals surface area contributed by atoms with E-state index in [1.807, 2.05) is 12.1 Å². The van der Waals surface area contributed by atoms with Crippen LogP contribution < -0.4 is 11.1 Å². The van der Waals surface area contributed by atoms with Gasteiger partial charge in [-0.2, -0.15) is 0 Å². The fourth-order valence-corrected chi connectivity index (χ4v) is 1.34. The van der Waals surface area contributed by atoms with E-state index < -0.39 is 0 Å². The van der Waals surface area contributed by atoms with Crippen molar-refractivity contribution in [1.29, 1.82) is 0 Å². The molecule has 84 valence electrons. The third kappa shape index (κ3) is 4.65. The van der Waals surface area contributed by atoms with Gasteiger partial charge in [0, 0.05) is 12.7 Å². The summed E-state index contributed by atoms with van der Waals surface area (Å²) in [6.07, 6.45) is 4.04. The van der Waals surface area contributed by atoms with E-state index in [0.29, 0.717) is 5.82 Å². The maximum atomic E-state index is 5.70. The molecule has 1 aromatic heterocycles. The largest absolute Gasteiger partial charge is 0.382 e. The number of nitrogen functional groups attached to an aromatic ring is 1. The fraction of sp³-hybridized carbons (Fsp3) is 0.545. The number of nitrogens with one attached hydrogen (secondary N) is 1. The number of pyridine rings is 1. The van der Waals surface area contributed by atoms with E-state index in [0.717, 1.165) is 25.2 Å². The molecule has 1 heterocycles. The molecule has 0 aliphatic carbocycles. The van der Waals surface area contributed by atoms with Gasteiger partial charge in [-0.3, -0.25) is 0 Å². The number of hydrogen-bond donors (Lipinski definition) is 2. The minimum atomic E-state index is 0.574. The standard InChI is InChI=1S/C11H20N4/c1-15(2)9-4-3-7-13-10-6-5-8-14-11(10)12/h5-6,8,13H,3-4,7,9H2,1-2H3,(H2,12,14). The molecule has 0 atom stereocenters. The van der Waals surface area contributed by atoms with Crippen LogP contribution in [0.25, 0.3) is 0 Å². The Labute approximate surface area is 91.5 Å². The van der Waals surface area contributed by atoms with Gasteiger partial charge in [-0.25, -0.2) is 4.98 Å². The Morgan fingerprint density at radius 1 is 1.40 bits per heavy atom. The molecule has 0 bridgehead atoms.